The molecular formula is C31H37N3O5S. The molecule has 3 aromatic rings. The number of aryl methyl sites for hydroxylation is 1. The lowest BCUT2D eigenvalue weighted by molar-refractivity contribution is -0.139. The second-order valence-electron chi connectivity index (χ2n) is 10.4. The summed E-state index contributed by atoms with van der Waals surface area (Å²) in [7, 11) is -3.82. The van der Waals surface area contributed by atoms with Gasteiger partial charge in [0.25, 0.3) is 0 Å². The number of nitrogens with one attached hydrogen (secondary N) is 1. The molecule has 0 aliphatic heterocycles. The number of carbonyl (C=O) groups excluding carboxylic acids is 2. The number of hydrogen-bond donors (Lipinski definition) is 1. The van der Waals surface area contributed by atoms with Crippen molar-refractivity contribution in [3.63, 3.8) is 0 Å². The van der Waals surface area contributed by atoms with Crippen LogP contribution in [0, 0.1) is 6.92 Å². The Morgan fingerprint density at radius 2 is 1.52 bits per heavy atom. The zero-order chi connectivity index (χ0) is 28.7. The van der Waals surface area contributed by atoms with E-state index in [1.54, 1.807) is 31.2 Å². The first-order valence-corrected chi connectivity index (χ1v) is 15.4. The lowest BCUT2D eigenvalue weighted by atomic mass is 10.1. The average Bonchev–Trinajstić information content (AvgIpc) is 3.44. The van der Waals surface area contributed by atoms with Gasteiger partial charge in [0.2, 0.25) is 21.8 Å². The van der Waals surface area contributed by atoms with Gasteiger partial charge in [-0.15, -0.1) is 0 Å². The van der Waals surface area contributed by atoms with Gasteiger partial charge in [0.05, 0.1) is 11.9 Å². The summed E-state index contributed by atoms with van der Waals surface area (Å²) in [5.74, 6) is 0.486. The van der Waals surface area contributed by atoms with Crippen molar-refractivity contribution in [3.8, 4) is 11.5 Å². The molecular weight excluding hydrogens is 526 g/mol. The van der Waals surface area contributed by atoms with Gasteiger partial charge < -0.3 is 15.0 Å². The monoisotopic (exact) mass is 563 g/mol. The van der Waals surface area contributed by atoms with Crippen LogP contribution in [0.1, 0.15) is 43.7 Å². The number of rotatable bonds is 11. The Hall–Kier alpha value is -3.85. The molecule has 1 saturated carbocycles. The Bertz CT molecular complexity index is 1390. The van der Waals surface area contributed by atoms with Crippen molar-refractivity contribution >= 4 is 27.5 Å². The van der Waals surface area contributed by atoms with Crippen molar-refractivity contribution in [1.29, 1.82) is 0 Å². The molecule has 0 aromatic heterocycles. The summed E-state index contributed by atoms with van der Waals surface area (Å²) < 4.78 is 32.6. The molecule has 40 heavy (non-hydrogen) atoms. The number of nitrogens with zero attached hydrogens (tertiary/aromatic N) is 2. The van der Waals surface area contributed by atoms with Gasteiger partial charge >= 0.3 is 0 Å². The number of carbonyl (C=O) groups is 2. The zero-order valence-electron chi connectivity index (χ0n) is 23.2. The van der Waals surface area contributed by atoms with Crippen LogP contribution in [0.25, 0.3) is 0 Å². The number of amides is 2. The van der Waals surface area contributed by atoms with Crippen LogP contribution in [0.5, 0.6) is 11.5 Å². The maximum atomic E-state index is 13.8. The SMILES string of the molecule is Cc1ccc(CN(C(=O)CN(c2ccc(Oc3ccccc3)cc2)S(C)(=O)=O)[C@H](C)C(=O)NC2CCCC2)cc1. The average molecular weight is 564 g/mol. The van der Waals surface area contributed by atoms with E-state index in [9.17, 15) is 18.0 Å². The molecule has 0 heterocycles. The number of hydrogen-bond acceptors (Lipinski definition) is 5. The predicted octanol–water partition coefficient (Wildman–Crippen LogP) is 5.03. The van der Waals surface area contributed by atoms with E-state index in [0.717, 1.165) is 47.4 Å². The minimum atomic E-state index is -3.82. The molecule has 0 unspecified atom stereocenters. The van der Waals surface area contributed by atoms with Gasteiger partial charge in [0, 0.05) is 12.6 Å². The summed E-state index contributed by atoms with van der Waals surface area (Å²) in [5.41, 5.74) is 2.26. The summed E-state index contributed by atoms with van der Waals surface area (Å²) in [5, 5.41) is 3.07. The van der Waals surface area contributed by atoms with Crippen LogP contribution < -0.4 is 14.4 Å². The third-order valence-electron chi connectivity index (χ3n) is 7.13. The number of anilines is 1. The third kappa shape index (κ3) is 7.85. The third-order valence-corrected chi connectivity index (χ3v) is 8.27. The van der Waals surface area contributed by atoms with Gasteiger partial charge in [0.1, 0.15) is 24.1 Å². The smallest absolute Gasteiger partial charge is 0.244 e. The van der Waals surface area contributed by atoms with Crippen molar-refractivity contribution in [2.24, 2.45) is 0 Å². The van der Waals surface area contributed by atoms with Gasteiger partial charge in [-0.3, -0.25) is 13.9 Å². The lowest BCUT2D eigenvalue weighted by Crippen LogP contribution is -2.52. The van der Waals surface area contributed by atoms with Crippen molar-refractivity contribution < 1.29 is 22.7 Å². The van der Waals surface area contributed by atoms with Gasteiger partial charge in [-0.05, 0) is 68.7 Å². The number of sulfonamides is 1. The first-order valence-electron chi connectivity index (χ1n) is 13.6. The zero-order valence-corrected chi connectivity index (χ0v) is 24.1. The molecule has 1 N–H and O–H groups in total. The molecule has 8 nitrogen and oxygen atoms in total. The minimum absolute atomic E-state index is 0.107. The van der Waals surface area contributed by atoms with Crippen molar-refractivity contribution in [3.05, 3.63) is 90.0 Å². The van der Waals surface area contributed by atoms with E-state index < -0.39 is 28.5 Å². The molecule has 2 amide bonds. The van der Waals surface area contributed by atoms with Crippen LogP contribution >= 0.6 is 0 Å². The highest BCUT2D eigenvalue weighted by Gasteiger charge is 2.31. The van der Waals surface area contributed by atoms with Crippen LogP contribution in [0.2, 0.25) is 0 Å². The van der Waals surface area contributed by atoms with Crippen molar-refractivity contribution in [1.82, 2.24) is 10.2 Å². The van der Waals surface area contributed by atoms with Crippen molar-refractivity contribution in [2.75, 3.05) is 17.1 Å². The molecule has 3 aromatic carbocycles. The molecule has 212 valence electrons. The molecule has 0 spiro atoms. The molecule has 1 atom stereocenters. The minimum Gasteiger partial charge on any atom is -0.457 e. The van der Waals surface area contributed by atoms with E-state index in [1.165, 1.54) is 4.90 Å². The number of para-hydroxylation sites is 1. The highest BCUT2D eigenvalue weighted by molar-refractivity contribution is 7.92. The van der Waals surface area contributed by atoms with Gasteiger partial charge in [-0.1, -0.05) is 60.9 Å². The lowest BCUT2D eigenvalue weighted by Gasteiger charge is -2.32. The summed E-state index contributed by atoms with van der Waals surface area (Å²) >= 11 is 0. The molecule has 0 bridgehead atoms. The van der Waals surface area contributed by atoms with Crippen LogP contribution in [0.15, 0.2) is 78.9 Å². The van der Waals surface area contributed by atoms with Gasteiger partial charge in [-0.25, -0.2) is 8.42 Å². The molecule has 1 fully saturated rings. The molecule has 0 saturated heterocycles. The van der Waals surface area contributed by atoms with Crippen LogP contribution in [0.4, 0.5) is 5.69 Å². The summed E-state index contributed by atoms with van der Waals surface area (Å²) in [4.78, 5) is 28.4. The Labute approximate surface area is 237 Å². The summed E-state index contributed by atoms with van der Waals surface area (Å²) in [6, 6.07) is 22.8. The summed E-state index contributed by atoms with van der Waals surface area (Å²) in [6.45, 7) is 3.41. The highest BCUT2D eigenvalue weighted by Crippen LogP contribution is 2.26. The van der Waals surface area contributed by atoms with Gasteiger partial charge in [0.15, 0.2) is 0 Å². The molecule has 0 radical (unpaired) electrons. The van der Waals surface area contributed by atoms with Crippen LogP contribution in [-0.2, 0) is 26.2 Å². The molecule has 1 aliphatic carbocycles. The van der Waals surface area contributed by atoms with E-state index in [4.69, 9.17) is 4.74 Å². The topological polar surface area (TPSA) is 96.0 Å². The summed E-state index contributed by atoms with van der Waals surface area (Å²) in [6.07, 6.45) is 5.06. The van der Waals surface area contributed by atoms with E-state index in [2.05, 4.69) is 5.32 Å². The fourth-order valence-corrected chi connectivity index (χ4v) is 5.63. The van der Waals surface area contributed by atoms with E-state index >= 15 is 0 Å². The Morgan fingerprint density at radius 3 is 2.12 bits per heavy atom. The highest BCUT2D eigenvalue weighted by atomic mass is 32.2. The molecule has 4 rings (SSSR count). The van der Waals surface area contributed by atoms with Crippen molar-refractivity contribution in [2.45, 2.75) is 58.2 Å². The fraction of sp³-hybridized carbons (Fsp3) is 0.355. The van der Waals surface area contributed by atoms with E-state index in [1.807, 2.05) is 61.5 Å². The standard InChI is InChI=1S/C31H37N3O5S/c1-23-13-15-25(16-14-23)21-33(24(2)31(36)32-26-9-7-8-10-26)30(35)22-34(40(3,37)38)27-17-19-29(20-18-27)39-28-11-5-4-6-12-28/h4-6,11-20,24,26H,7-10,21-22H2,1-3H3,(H,32,36)/t24-/m1/s1. The molecule has 9 heteroatoms. The maximum absolute atomic E-state index is 13.8. The van der Waals surface area contributed by atoms with E-state index in [-0.39, 0.29) is 18.5 Å². The quantitative estimate of drug-likeness (QED) is 0.353. The first-order chi connectivity index (χ1) is 19.1. The number of benzene rings is 3. The number of ether oxygens (including phenoxy) is 1. The van der Waals surface area contributed by atoms with E-state index in [0.29, 0.717) is 17.2 Å². The largest absolute Gasteiger partial charge is 0.457 e. The van der Waals surface area contributed by atoms with Crippen LogP contribution in [-0.4, -0.2) is 50.0 Å². The first kappa shape index (κ1) is 29.1. The Kier molecular flexibility index (Phi) is 9.47. The Morgan fingerprint density at radius 1 is 0.925 bits per heavy atom. The fourth-order valence-electron chi connectivity index (χ4n) is 4.78. The second kappa shape index (κ2) is 13.0. The Balaban J connectivity index is 1.55. The maximum Gasteiger partial charge on any atom is 0.244 e. The second-order valence-corrected chi connectivity index (χ2v) is 12.3. The normalized spacial score (nSPS) is 14.4. The van der Waals surface area contributed by atoms with Gasteiger partial charge in [-0.2, -0.15) is 0 Å². The predicted molar refractivity (Wildman–Crippen MR) is 157 cm³/mol. The molecule has 1 aliphatic rings. The van der Waals surface area contributed by atoms with Crippen LogP contribution in [0.3, 0.4) is 0 Å².